The summed E-state index contributed by atoms with van der Waals surface area (Å²) < 4.78 is 6.81. The van der Waals surface area contributed by atoms with Crippen LogP contribution < -0.4 is 4.74 Å². The zero-order chi connectivity index (χ0) is 11.0. The van der Waals surface area contributed by atoms with Gasteiger partial charge in [0, 0.05) is 25.4 Å². The number of aromatic nitrogens is 2. The Labute approximate surface area is 87.5 Å². The molecule has 1 heterocycles. The van der Waals surface area contributed by atoms with Crippen LogP contribution in [0.5, 0.6) is 5.75 Å². The number of carbonyl (C=O) groups excluding carboxylic acids is 1. The Bertz CT molecular complexity index is 529. The quantitative estimate of drug-likeness (QED) is 0.700. The second-order valence-corrected chi connectivity index (χ2v) is 3.41. The van der Waals surface area contributed by atoms with Gasteiger partial charge in [0.05, 0.1) is 12.6 Å². The molecule has 0 aliphatic heterocycles. The summed E-state index contributed by atoms with van der Waals surface area (Å²) in [5, 5.41) is 5.04. The first-order valence-electron chi connectivity index (χ1n) is 4.65. The van der Waals surface area contributed by atoms with Crippen molar-refractivity contribution in [3.8, 4) is 5.75 Å². The molecule has 78 valence electrons. The molecule has 15 heavy (non-hydrogen) atoms. The van der Waals surface area contributed by atoms with Gasteiger partial charge in [0.2, 0.25) is 0 Å². The van der Waals surface area contributed by atoms with Crippen LogP contribution in [0, 0.1) is 0 Å². The number of ketones is 1. The first-order valence-corrected chi connectivity index (χ1v) is 4.65. The minimum absolute atomic E-state index is 0.0224. The average molecular weight is 204 g/mol. The van der Waals surface area contributed by atoms with Crippen molar-refractivity contribution < 1.29 is 9.53 Å². The van der Waals surface area contributed by atoms with E-state index in [0.29, 0.717) is 5.69 Å². The summed E-state index contributed by atoms with van der Waals surface area (Å²) >= 11 is 0. The Morgan fingerprint density at radius 3 is 2.80 bits per heavy atom. The van der Waals surface area contributed by atoms with E-state index in [1.165, 1.54) is 6.92 Å². The maximum atomic E-state index is 11.3. The second kappa shape index (κ2) is 3.38. The summed E-state index contributed by atoms with van der Waals surface area (Å²) in [5.41, 5.74) is 1.41. The third-order valence-corrected chi connectivity index (χ3v) is 2.39. The van der Waals surface area contributed by atoms with Gasteiger partial charge in [-0.15, -0.1) is 0 Å². The largest absolute Gasteiger partial charge is 0.497 e. The van der Waals surface area contributed by atoms with Gasteiger partial charge in [0.25, 0.3) is 0 Å². The molecule has 0 spiro atoms. The Morgan fingerprint density at radius 2 is 2.20 bits per heavy atom. The Balaban J connectivity index is 2.75. The highest BCUT2D eigenvalue weighted by molar-refractivity contribution is 6.05. The van der Waals surface area contributed by atoms with Crippen LogP contribution in [-0.4, -0.2) is 22.7 Å². The molecule has 0 aliphatic carbocycles. The molecule has 1 aromatic heterocycles. The fourth-order valence-electron chi connectivity index (χ4n) is 1.62. The molecule has 4 nitrogen and oxygen atoms in total. The number of hydrogen-bond acceptors (Lipinski definition) is 3. The first-order chi connectivity index (χ1) is 7.13. The summed E-state index contributed by atoms with van der Waals surface area (Å²) in [4.78, 5) is 11.3. The molecular weight excluding hydrogens is 192 g/mol. The number of ether oxygens (including phenoxy) is 1. The topological polar surface area (TPSA) is 44.1 Å². The molecule has 0 amide bonds. The zero-order valence-electron chi connectivity index (χ0n) is 8.94. The van der Waals surface area contributed by atoms with E-state index in [9.17, 15) is 4.79 Å². The predicted octanol–water partition coefficient (Wildman–Crippen LogP) is 1.78. The molecule has 4 heteroatoms. The highest BCUT2D eigenvalue weighted by Gasteiger charge is 2.12. The fraction of sp³-hybridized carbons (Fsp3) is 0.273. The van der Waals surface area contributed by atoms with Crippen LogP contribution in [0.15, 0.2) is 18.2 Å². The monoisotopic (exact) mass is 204 g/mol. The zero-order valence-corrected chi connectivity index (χ0v) is 8.94. The van der Waals surface area contributed by atoms with Crippen molar-refractivity contribution in [3.63, 3.8) is 0 Å². The van der Waals surface area contributed by atoms with Crippen LogP contribution in [0.1, 0.15) is 17.4 Å². The van der Waals surface area contributed by atoms with Crippen LogP contribution in [0.2, 0.25) is 0 Å². The number of methoxy groups -OCH3 is 1. The SMILES string of the molecule is COc1ccc2c(C(C)=O)nn(C)c2c1. The number of carbonyl (C=O) groups is 1. The predicted molar refractivity (Wildman–Crippen MR) is 57.3 cm³/mol. The lowest BCUT2D eigenvalue weighted by Crippen LogP contribution is -1.95. The number of fused-ring (bicyclic) bond motifs is 1. The number of rotatable bonds is 2. The highest BCUT2D eigenvalue weighted by Crippen LogP contribution is 2.23. The molecular formula is C11H12N2O2. The van der Waals surface area contributed by atoms with Gasteiger partial charge in [0.15, 0.2) is 5.78 Å². The van der Waals surface area contributed by atoms with Crippen LogP contribution in [-0.2, 0) is 7.05 Å². The Kier molecular flexibility index (Phi) is 2.19. The highest BCUT2D eigenvalue weighted by atomic mass is 16.5. The van der Waals surface area contributed by atoms with E-state index >= 15 is 0 Å². The molecule has 0 fully saturated rings. The Hall–Kier alpha value is -1.84. The molecule has 0 unspecified atom stereocenters. The van der Waals surface area contributed by atoms with E-state index in [1.807, 2.05) is 25.2 Å². The number of Topliss-reactive ketones (excluding diaryl/α,β-unsaturated/α-hetero) is 1. The minimum Gasteiger partial charge on any atom is -0.497 e. The third kappa shape index (κ3) is 1.48. The molecule has 0 bridgehead atoms. The molecule has 0 saturated carbocycles. The molecule has 0 N–H and O–H groups in total. The molecule has 0 saturated heterocycles. The van der Waals surface area contributed by atoms with Crippen molar-refractivity contribution >= 4 is 16.7 Å². The lowest BCUT2D eigenvalue weighted by Gasteiger charge is -1.99. The van der Waals surface area contributed by atoms with Gasteiger partial charge in [-0.2, -0.15) is 5.10 Å². The smallest absolute Gasteiger partial charge is 0.180 e. The van der Waals surface area contributed by atoms with E-state index in [1.54, 1.807) is 11.8 Å². The van der Waals surface area contributed by atoms with E-state index < -0.39 is 0 Å². The Morgan fingerprint density at radius 1 is 1.47 bits per heavy atom. The summed E-state index contributed by atoms with van der Waals surface area (Å²) in [6, 6.07) is 5.56. The normalized spacial score (nSPS) is 10.6. The van der Waals surface area contributed by atoms with Crippen LogP contribution in [0.4, 0.5) is 0 Å². The maximum absolute atomic E-state index is 11.3. The van der Waals surface area contributed by atoms with Crippen molar-refractivity contribution in [2.75, 3.05) is 7.11 Å². The molecule has 1 aromatic carbocycles. The van der Waals surface area contributed by atoms with Crippen molar-refractivity contribution in [3.05, 3.63) is 23.9 Å². The van der Waals surface area contributed by atoms with Gasteiger partial charge < -0.3 is 4.74 Å². The van der Waals surface area contributed by atoms with Gasteiger partial charge in [-0.05, 0) is 12.1 Å². The van der Waals surface area contributed by atoms with Gasteiger partial charge in [-0.25, -0.2) is 0 Å². The van der Waals surface area contributed by atoms with E-state index in [4.69, 9.17) is 4.74 Å². The number of hydrogen-bond donors (Lipinski definition) is 0. The van der Waals surface area contributed by atoms with E-state index in [-0.39, 0.29) is 5.78 Å². The van der Waals surface area contributed by atoms with E-state index in [0.717, 1.165) is 16.7 Å². The maximum Gasteiger partial charge on any atom is 0.180 e. The molecule has 0 radical (unpaired) electrons. The molecule has 0 aliphatic rings. The first kappa shape index (κ1) is 9.71. The van der Waals surface area contributed by atoms with Crippen molar-refractivity contribution in [2.45, 2.75) is 6.92 Å². The number of nitrogens with zero attached hydrogens (tertiary/aromatic N) is 2. The number of aryl methyl sites for hydroxylation is 1. The van der Waals surface area contributed by atoms with Crippen LogP contribution >= 0.6 is 0 Å². The van der Waals surface area contributed by atoms with Crippen LogP contribution in [0.3, 0.4) is 0 Å². The van der Waals surface area contributed by atoms with Crippen molar-refractivity contribution in [1.82, 2.24) is 9.78 Å². The third-order valence-electron chi connectivity index (χ3n) is 2.39. The summed E-state index contributed by atoms with van der Waals surface area (Å²) in [5.74, 6) is 0.742. The van der Waals surface area contributed by atoms with Crippen molar-refractivity contribution in [2.24, 2.45) is 7.05 Å². The molecule has 0 atom stereocenters. The van der Waals surface area contributed by atoms with E-state index in [2.05, 4.69) is 5.10 Å². The molecule has 2 rings (SSSR count). The van der Waals surface area contributed by atoms with Gasteiger partial charge in [0.1, 0.15) is 11.4 Å². The number of benzene rings is 1. The summed E-state index contributed by atoms with van der Waals surface area (Å²) in [6.07, 6.45) is 0. The minimum atomic E-state index is -0.0224. The van der Waals surface area contributed by atoms with Gasteiger partial charge >= 0.3 is 0 Å². The van der Waals surface area contributed by atoms with Gasteiger partial charge in [-0.3, -0.25) is 9.48 Å². The molecule has 2 aromatic rings. The lowest BCUT2D eigenvalue weighted by molar-refractivity contribution is 0.101. The average Bonchev–Trinajstić information content (AvgIpc) is 2.56. The fourth-order valence-corrected chi connectivity index (χ4v) is 1.62. The van der Waals surface area contributed by atoms with Crippen LogP contribution in [0.25, 0.3) is 10.9 Å². The lowest BCUT2D eigenvalue weighted by atomic mass is 10.1. The van der Waals surface area contributed by atoms with Gasteiger partial charge in [-0.1, -0.05) is 0 Å². The standard InChI is InChI=1S/C11H12N2O2/c1-7(14)11-9-5-4-8(15-3)6-10(9)13(2)12-11/h4-6H,1-3H3. The second-order valence-electron chi connectivity index (χ2n) is 3.41. The summed E-state index contributed by atoms with van der Waals surface area (Å²) in [6.45, 7) is 1.52. The van der Waals surface area contributed by atoms with Crippen molar-refractivity contribution in [1.29, 1.82) is 0 Å². The summed E-state index contributed by atoms with van der Waals surface area (Å²) in [7, 11) is 3.43.